The smallest absolute Gasteiger partial charge is 0.243 e. The molecule has 8 heteroatoms. The van der Waals surface area contributed by atoms with E-state index in [4.69, 9.17) is 21.1 Å². The van der Waals surface area contributed by atoms with Gasteiger partial charge in [-0.3, -0.25) is 0 Å². The zero-order valence-corrected chi connectivity index (χ0v) is 17.7. The molecule has 0 saturated carbocycles. The fraction of sp³-hybridized carbons (Fsp3) is 0.381. The van der Waals surface area contributed by atoms with Gasteiger partial charge in [0.2, 0.25) is 5.95 Å². The number of ether oxygens (including phenoxy) is 2. The second-order valence-electron chi connectivity index (χ2n) is 6.80. The van der Waals surface area contributed by atoms with Crippen LogP contribution in [-0.2, 0) is 19.7 Å². The summed E-state index contributed by atoms with van der Waals surface area (Å²) in [6.45, 7) is 5.87. The number of halogens is 1. The summed E-state index contributed by atoms with van der Waals surface area (Å²) in [5.41, 5.74) is 3.17. The highest BCUT2D eigenvalue weighted by Gasteiger charge is 2.12. The Hall–Kier alpha value is -2.80. The molecule has 29 heavy (non-hydrogen) atoms. The van der Waals surface area contributed by atoms with Gasteiger partial charge in [-0.2, -0.15) is 0 Å². The Morgan fingerprint density at radius 2 is 1.93 bits per heavy atom. The van der Waals surface area contributed by atoms with E-state index in [9.17, 15) is 0 Å². The molecule has 0 saturated heterocycles. The molecule has 1 aromatic heterocycles. The topological polar surface area (TPSA) is 74.1 Å². The van der Waals surface area contributed by atoms with Crippen LogP contribution < -0.4 is 14.8 Å². The van der Waals surface area contributed by atoms with Gasteiger partial charge in [0, 0.05) is 24.2 Å². The number of rotatable bonds is 10. The first-order valence-corrected chi connectivity index (χ1v) is 10.0. The second kappa shape index (κ2) is 10.1. The molecular formula is C21H26ClN5O2. The fourth-order valence-electron chi connectivity index (χ4n) is 2.79. The molecule has 3 aromatic rings. The van der Waals surface area contributed by atoms with Crippen LogP contribution in [0.1, 0.15) is 36.5 Å². The highest BCUT2D eigenvalue weighted by atomic mass is 35.5. The first kappa shape index (κ1) is 20.9. The number of methoxy groups -OCH3 is 1. The number of benzene rings is 2. The molecular weight excluding hydrogens is 390 g/mol. The van der Waals surface area contributed by atoms with Crippen molar-refractivity contribution in [1.29, 1.82) is 0 Å². The monoisotopic (exact) mass is 415 g/mol. The molecule has 1 N–H and O–H groups in total. The van der Waals surface area contributed by atoms with E-state index in [1.165, 1.54) is 5.56 Å². The summed E-state index contributed by atoms with van der Waals surface area (Å²) in [5, 5.41) is 15.6. The predicted octanol–water partition coefficient (Wildman–Crippen LogP) is 4.63. The van der Waals surface area contributed by atoms with Crippen LogP contribution in [0.2, 0.25) is 5.02 Å². The van der Waals surface area contributed by atoms with Gasteiger partial charge in [-0.15, -0.1) is 0 Å². The fourth-order valence-corrected chi connectivity index (χ4v) is 3.01. The minimum absolute atomic E-state index is 0.441. The maximum Gasteiger partial charge on any atom is 0.243 e. The normalized spacial score (nSPS) is 10.8. The summed E-state index contributed by atoms with van der Waals surface area (Å²) in [6, 6.07) is 11.9. The summed E-state index contributed by atoms with van der Waals surface area (Å²) in [6.07, 6.45) is 2.09. The number of aromatic nitrogens is 4. The van der Waals surface area contributed by atoms with Crippen molar-refractivity contribution in [2.45, 2.75) is 46.4 Å². The molecule has 0 fully saturated rings. The molecule has 2 aromatic carbocycles. The van der Waals surface area contributed by atoms with E-state index in [1.807, 2.05) is 18.2 Å². The number of hydrogen-bond acceptors (Lipinski definition) is 6. The van der Waals surface area contributed by atoms with Crippen molar-refractivity contribution in [1.82, 2.24) is 20.2 Å². The van der Waals surface area contributed by atoms with Gasteiger partial charge in [0.1, 0.15) is 6.61 Å². The number of hydrogen-bond donors (Lipinski definition) is 1. The van der Waals surface area contributed by atoms with Crippen LogP contribution in [0.15, 0.2) is 36.4 Å². The third kappa shape index (κ3) is 5.60. The summed E-state index contributed by atoms with van der Waals surface area (Å²) < 4.78 is 13.2. The Bertz CT molecular complexity index is 927. The highest BCUT2D eigenvalue weighted by molar-refractivity contribution is 6.31. The Balaban J connectivity index is 1.67. The minimum atomic E-state index is 0.441. The van der Waals surface area contributed by atoms with Crippen molar-refractivity contribution in [3.8, 4) is 11.5 Å². The maximum atomic E-state index is 6.49. The van der Waals surface area contributed by atoms with Crippen LogP contribution in [0.4, 0.5) is 5.95 Å². The molecule has 154 valence electrons. The van der Waals surface area contributed by atoms with Crippen molar-refractivity contribution in [3.63, 3.8) is 0 Å². The van der Waals surface area contributed by atoms with Gasteiger partial charge in [-0.1, -0.05) is 59.9 Å². The number of aryl methyl sites for hydroxylation is 2. The van der Waals surface area contributed by atoms with Gasteiger partial charge in [0.15, 0.2) is 11.5 Å². The van der Waals surface area contributed by atoms with E-state index in [0.717, 1.165) is 30.5 Å². The van der Waals surface area contributed by atoms with Gasteiger partial charge in [-0.25, -0.2) is 4.68 Å². The van der Waals surface area contributed by atoms with Gasteiger partial charge >= 0.3 is 0 Å². The quantitative estimate of drug-likeness (QED) is 0.520. The largest absolute Gasteiger partial charge is 0.493 e. The summed E-state index contributed by atoms with van der Waals surface area (Å²) >= 11 is 6.49. The lowest BCUT2D eigenvalue weighted by Gasteiger charge is -2.14. The molecule has 0 atom stereocenters. The van der Waals surface area contributed by atoms with E-state index in [2.05, 4.69) is 46.8 Å². The molecule has 0 bridgehead atoms. The third-order valence-corrected chi connectivity index (χ3v) is 4.89. The lowest BCUT2D eigenvalue weighted by Crippen LogP contribution is -2.09. The molecule has 0 aliphatic rings. The lowest BCUT2D eigenvalue weighted by atomic mass is 10.1. The van der Waals surface area contributed by atoms with E-state index < -0.39 is 0 Å². The predicted molar refractivity (Wildman–Crippen MR) is 114 cm³/mol. The highest BCUT2D eigenvalue weighted by Crippen LogP contribution is 2.34. The van der Waals surface area contributed by atoms with Crippen molar-refractivity contribution < 1.29 is 9.47 Å². The number of tetrazole rings is 1. The number of anilines is 1. The summed E-state index contributed by atoms with van der Waals surface area (Å²) in [5.74, 6) is 1.85. The van der Waals surface area contributed by atoms with E-state index in [-0.39, 0.29) is 0 Å². The van der Waals surface area contributed by atoms with E-state index in [0.29, 0.717) is 35.6 Å². The Labute approximate surface area is 176 Å². The first-order chi connectivity index (χ1) is 14.1. The zero-order valence-electron chi connectivity index (χ0n) is 17.0. The van der Waals surface area contributed by atoms with Crippen LogP contribution >= 0.6 is 11.6 Å². The van der Waals surface area contributed by atoms with Crippen LogP contribution in [0.3, 0.4) is 0 Å². The van der Waals surface area contributed by atoms with Crippen molar-refractivity contribution in [2.24, 2.45) is 0 Å². The Kier molecular flexibility index (Phi) is 7.30. The molecule has 0 aliphatic carbocycles. The van der Waals surface area contributed by atoms with Gasteiger partial charge in [0.25, 0.3) is 0 Å². The van der Waals surface area contributed by atoms with Crippen molar-refractivity contribution in [2.75, 3.05) is 12.4 Å². The number of nitrogens with one attached hydrogen (secondary N) is 1. The van der Waals surface area contributed by atoms with E-state index in [1.54, 1.807) is 17.9 Å². The van der Waals surface area contributed by atoms with Crippen molar-refractivity contribution >= 4 is 17.5 Å². The van der Waals surface area contributed by atoms with Crippen molar-refractivity contribution in [3.05, 3.63) is 58.1 Å². The van der Waals surface area contributed by atoms with Crippen LogP contribution in [-0.4, -0.2) is 27.3 Å². The Morgan fingerprint density at radius 3 is 2.66 bits per heavy atom. The summed E-state index contributed by atoms with van der Waals surface area (Å²) in [7, 11) is 1.62. The standard InChI is InChI=1S/C21H26ClN5O2/c1-4-5-10-27-21(24-25-26-27)23-13-17-11-19(28-3)20(12-18(17)22)29-14-16-8-6-15(2)7-9-16/h6-9,11-12H,4-5,10,13-14H2,1-3H3,(H,23,24,26). The molecule has 0 unspecified atom stereocenters. The molecule has 0 radical (unpaired) electrons. The van der Waals surface area contributed by atoms with Crippen LogP contribution in [0.25, 0.3) is 0 Å². The third-order valence-electron chi connectivity index (χ3n) is 4.54. The average Bonchev–Trinajstić information content (AvgIpc) is 3.18. The molecule has 0 spiro atoms. The second-order valence-corrected chi connectivity index (χ2v) is 7.21. The Morgan fingerprint density at radius 1 is 1.14 bits per heavy atom. The maximum absolute atomic E-state index is 6.49. The zero-order chi connectivity index (χ0) is 20.6. The first-order valence-electron chi connectivity index (χ1n) is 9.65. The number of unbranched alkanes of at least 4 members (excludes halogenated alkanes) is 1. The average molecular weight is 416 g/mol. The molecule has 0 aliphatic heterocycles. The van der Waals surface area contributed by atoms with Gasteiger partial charge in [0.05, 0.1) is 7.11 Å². The van der Waals surface area contributed by atoms with Gasteiger partial charge in [-0.05, 0) is 41.0 Å². The SMILES string of the molecule is CCCCn1nnnc1NCc1cc(OC)c(OCc2ccc(C)cc2)cc1Cl. The summed E-state index contributed by atoms with van der Waals surface area (Å²) in [4.78, 5) is 0. The molecule has 1 heterocycles. The van der Waals surface area contributed by atoms with Crippen LogP contribution in [0.5, 0.6) is 11.5 Å². The number of nitrogens with zero attached hydrogens (tertiary/aromatic N) is 4. The van der Waals surface area contributed by atoms with Gasteiger partial charge < -0.3 is 14.8 Å². The van der Waals surface area contributed by atoms with E-state index >= 15 is 0 Å². The molecule has 0 amide bonds. The molecule has 3 rings (SSSR count). The molecule has 7 nitrogen and oxygen atoms in total. The van der Waals surface area contributed by atoms with Crippen LogP contribution in [0, 0.1) is 6.92 Å². The lowest BCUT2D eigenvalue weighted by molar-refractivity contribution is 0.284. The minimum Gasteiger partial charge on any atom is -0.493 e.